The van der Waals surface area contributed by atoms with E-state index in [0.29, 0.717) is 39.6 Å². The van der Waals surface area contributed by atoms with Crippen LogP contribution in [0.3, 0.4) is 0 Å². The number of rotatable bonds is 6. The fourth-order valence-corrected chi connectivity index (χ4v) is 4.47. The Morgan fingerprint density at radius 2 is 2.13 bits per heavy atom. The lowest BCUT2D eigenvalue weighted by atomic mass is 10.0. The molecule has 1 aliphatic rings. The molecular weight excluding hydrogens is 459 g/mol. The Kier molecular flexibility index (Phi) is 6.80. The first kappa shape index (κ1) is 21.7. The molecule has 0 radical (unpaired) electrons. The summed E-state index contributed by atoms with van der Waals surface area (Å²) in [5.74, 6) is 0.208. The predicted molar refractivity (Wildman–Crippen MR) is 121 cm³/mol. The summed E-state index contributed by atoms with van der Waals surface area (Å²) in [6.45, 7) is 0.799. The van der Waals surface area contributed by atoms with Gasteiger partial charge in [0.2, 0.25) is 5.91 Å². The molecule has 3 heterocycles. The van der Waals surface area contributed by atoms with Crippen molar-refractivity contribution in [1.29, 1.82) is 0 Å². The molecule has 10 heteroatoms. The number of nitrogens with zero attached hydrogens (tertiary/aromatic N) is 2. The molecule has 1 fully saturated rings. The standard InChI is InChI=1S/C21H20Cl2N4O3S/c22-13-6-7-15(23)16(10-13)25-21-26-17(12-31-21)20(29)27-8-2-1-5-18(27)19(28)24-11-14-4-3-9-30-14/h3-4,6-7,9-10,12,18H,1-2,5,8,11H2,(H,24,28)(H,25,26). The quantitative estimate of drug-likeness (QED) is 0.514. The van der Waals surface area contributed by atoms with Gasteiger partial charge in [0.25, 0.3) is 5.91 Å². The highest BCUT2D eigenvalue weighted by atomic mass is 35.5. The van der Waals surface area contributed by atoms with E-state index in [0.717, 1.165) is 12.8 Å². The van der Waals surface area contributed by atoms with Gasteiger partial charge in [-0.15, -0.1) is 11.3 Å². The first-order valence-corrected chi connectivity index (χ1v) is 11.4. The number of amides is 2. The highest BCUT2D eigenvalue weighted by Crippen LogP contribution is 2.30. The van der Waals surface area contributed by atoms with Crippen molar-refractivity contribution in [2.45, 2.75) is 31.8 Å². The molecule has 1 saturated heterocycles. The fraction of sp³-hybridized carbons (Fsp3) is 0.286. The van der Waals surface area contributed by atoms with Crippen LogP contribution in [0.2, 0.25) is 10.0 Å². The molecule has 31 heavy (non-hydrogen) atoms. The SMILES string of the molecule is O=C(NCc1ccco1)C1CCCCN1C(=O)c1csc(Nc2cc(Cl)ccc2Cl)n1. The van der Waals surface area contributed by atoms with Crippen LogP contribution >= 0.6 is 34.5 Å². The van der Waals surface area contributed by atoms with Crippen molar-refractivity contribution in [1.82, 2.24) is 15.2 Å². The van der Waals surface area contributed by atoms with Crippen molar-refractivity contribution < 1.29 is 14.0 Å². The number of benzene rings is 1. The number of piperidine rings is 1. The minimum absolute atomic E-state index is 0.191. The maximum absolute atomic E-state index is 13.1. The normalized spacial score (nSPS) is 16.2. The molecule has 1 unspecified atom stereocenters. The average molecular weight is 479 g/mol. The van der Waals surface area contributed by atoms with Crippen LogP contribution in [-0.4, -0.2) is 34.3 Å². The van der Waals surface area contributed by atoms with E-state index in [4.69, 9.17) is 27.6 Å². The Morgan fingerprint density at radius 1 is 1.26 bits per heavy atom. The molecule has 1 aliphatic heterocycles. The zero-order valence-electron chi connectivity index (χ0n) is 16.4. The molecule has 0 saturated carbocycles. The Labute approximate surface area is 193 Å². The minimum atomic E-state index is -0.531. The van der Waals surface area contributed by atoms with E-state index in [2.05, 4.69) is 15.6 Å². The highest BCUT2D eigenvalue weighted by Gasteiger charge is 2.33. The summed E-state index contributed by atoms with van der Waals surface area (Å²) in [6, 6.07) is 8.10. The van der Waals surface area contributed by atoms with Crippen LogP contribution < -0.4 is 10.6 Å². The molecular formula is C21H20Cl2N4O3S. The summed E-state index contributed by atoms with van der Waals surface area (Å²) in [6.07, 6.45) is 3.91. The van der Waals surface area contributed by atoms with Crippen LogP contribution in [-0.2, 0) is 11.3 Å². The number of likely N-dealkylation sites (tertiary alicyclic amines) is 1. The summed E-state index contributed by atoms with van der Waals surface area (Å²) in [5, 5.41) is 9.18. The smallest absolute Gasteiger partial charge is 0.274 e. The molecule has 2 aromatic heterocycles. The number of nitrogens with one attached hydrogen (secondary N) is 2. The summed E-state index contributed by atoms with van der Waals surface area (Å²) >= 11 is 13.5. The Bertz CT molecular complexity index is 1070. The number of hydrogen-bond donors (Lipinski definition) is 2. The van der Waals surface area contributed by atoms with Crippen molar-refractivity contribution in [3.8, 4) is 0 Å². The third kappa shape index (κ3) is 5.20. The van der Waals surface area contributed by atoms with Gasteiger partial charge in [-0.3, -0.25) is 9.59 Å². The molecule has 2 amide bonds. The van der Waals surface area contributed by atoms with Crippen LogP contribution in [0.1, 0.15) is 35.5 Å². The number of aromatic nitrogens is 1. The topological polar surface area (TPSA) is 87.5 Å². The lowest BCUT2D eigenvalue weighted by Crippen LogP contribution is -2.51. The van der Waals surface area contributed by atoms with Crippen LogP contribution in [0.4, 0.5) is 10.8 Å². The van der Waals surface area contributed by atoms with Gasteiger partial charge in [-0.1, -0.05) is 23.2 Å². The van der Waals surface area contributed by atoms with Gasteiger partial charge in [0, 0.05) is 16.9 Å². The number of anilines is 2. The number of furan rings is 1. The molecule has 4 rings (SSSR count). The maximum Gasteiger partial charge on any atom is 0.274 e. The van der Waals surface area contributed by atoms with Gasteiger partial charge in [-0.05, 0) is 49.6 Å². The molecule has 2 N–H and O–H groups in total. The average Bonchev–Trinajstić information content (AvgIpc) is 3.46. The monoisotopic (exact) mass is 478 g/mol. The Morgan fingerprint density at radius 3 is 2.94 bits per heavy atom. The van der Waals surface area contributed by atoms with Gasteiger partial charge in [0.15, 0.2) is 5.13 Å². The molecule has 162 valence electrons. The lowest BCUT2D eigenvalue weighted by Gasteiger charge is -2.34. The van der Waals surface area contributed by atoms with Crippen LogP contribution in [0.15, 0.2) is 46.4 Å². The second-order valence-corrected chi connectivity index (χ2v) is 8.80. The van der Waals surface area contributed by atoms with Crippen molar-refractivity contribution in [2.24, 2.45) is 0 Å². The van der Waals surface area contributed by atoms with Crippen molar-refractivity contribution >= 4 is 57.2 Å². The van der Waals surface area contributed by atoms with Crippen LogP contribution in [0, 0.1) is 0 Å². The number of thiazole rings is 1. The van der Waals surface area contributed by atoms with E-state index in [9.17, 15) is 9.59 Å². The second kappa shape index (κ2) is 9.72. The van der Waals surface area contributed by atoms with Gasteiger partial charge in [-0.2, -0.15) is 0 Å². The highest BCUT2D eigenvalue weighted by molar-refractivity contribution is 7.14. The number of carbonyl (C=O) groups is 2. The zero-order chi connectivity index (χ0) is 21.8. The third-order valence-electron chi connectivity index (χ3n) is 4.98. The van der Waals surface area contributed by atoms with Crippen molar-refractivity contribution in [2.75, 3.05) is 11.9 Å². The molecule has 0 spiro atoms. The lowest BCUT2D eigenvalue weighted by molar-refractivity contribution is -0.126. The first-order chi connectivity index (χ1) is 15.0. The largest absolute Gasteiger partial charge is 0.467 e. The van der Waals surface area contributed by atoms with E-state index in [1.807, 2.05) is 0 Å². The molecule has 1 aromatic carbocycles. The third-order valence-corrected chi connectivity index (χ3v) is 6.30. The van der Waals surface area contributed by atoms with Gasteiger partial charge < -0.3 is 20.0 Å². The van der Waals surface area contributed by atoms with Gasteiger partial charge >= 0.3 is 0 Å². The Balaban J connectivity index is 1.44. The van der Waals surface area contributed by atoms with Crippen molar-refractivity contribution in [3.05, 3.63) is 63.5 Å². The van der Waals surface area contributed by atoms with Crippen LogP contribution in [0.25, 0.3) is 0 Å². The van der Waals surface area contributed by atoms with Crippen molar-refractivity contribution in [3.63, 3.8) is 0 Å². The molecule has 0 aliphatic carbocycles. The predicted octanol–water partition coefficient (Wildman–Crippen LogP) is 5.10. The van der Waals surface area contributed by atoms with Gasteiger partial charge in [-0.25, -0.2) is 4.98 Å². The van der Waals surface area contributed by atoms with E-state index in [1.165, 1.54) is 11.3 Å². The first-order valence-electron chi connectivity index (χ1n) is 9.80. The minimum Gasteiger partial charge on any atom is -0.467 e. The number of carbonyl (C=O) groups excluding carboxylic acids is 2. The van der Waals surface area contributed by atoms with E-state index >= 15 is 0 Å². The molecule has 0 bridgehead atoms. The number of halogens is 2. The van der Waals surface area contributed by atoms with Gasteiger partial charge in [0.05, 0.1) is 23.5 Å². The molecule has 1 atom stereocenters. The summed E-state index contributed by atoms with van der Waals surface area (Å²) < 4.78 is 5.25. The summed E-state index contributed by atoms with van der Waals surface area (Å²) in [5.41, 5.74) is 0.895. The number of hydrogen-bond acceptors (Lipinski definition) is 6. The zero-order valence-corrected chi connectivity index (χ0v) is 18.8. The molecule has 3 aromatic rings. The van der Waals surface area contributed by atoms with E-state index in [1.54, 1.807) is 46.9 Å². The van der Waals surface area contributed by atoms with Crippen LogP contribution in [0.5, 0.6) is 0 Å². The van der Waals surface area contributed by atoms with E-state index in [-0.39, 0.29) is 24.1 Å². The van der Waals surface area contributed by atoms with E-state index < -0.39 is 6.04 Å². The fourth-order valence-electron chi connectivity index (χ4n) is 3.44. The second-order valence-electron chi connectivity index (χ2n) is 7.09. The summed E-state index contributed by atoms with van der Waals surface area (Å²) in [4.78, 5) is 31.9. The maximum atomic E-state index is 13.1. The summed E-state index contributed by atoms with van der Waals surface area (Å²) in [7, 11) is 0. The Hall–Kier alpha value is -2.55. The molecule has 7 nitrogen and oxygen atoms in total. The van der Waals surface area contributed by atoms with Gasteiger partial charge in [0.1, 0.15) is 17.5 Å².